The third kappa shape index (κ3) is 2.97. The summed E-state index contributed by atoms with van der Waals surface area (Å²) in [6.45, 7) is 6.22. The fourth-order valence-corrected chi connectivity index (χ4v) is 3.51. The van der Waals surface area contributed by atoms with Crippen LogP contribution in [0.5, 0.6) is 0 Å². The Morgan fingerprint density at radius 1 is 1.09 bits per heavy atom. The van der Waals surface area contributed by atoms with Crippen molar-refractivity contribution >= 4 is 28.6 Å². The molecule has 23 heavy (non-hydrogen) atoms. The number of Topliss-reactive ketones (excluding diaryl/α,β-unsaturated/α-hetero) is 1. The van der Waals surface area contributed by atoms with Gasteiger partial charge in [0, 0.05) is 18.3 Å². The number of carbonyl (C=O) groups excluding carboxylic acids is 1. The Morgan fingerprint density at radius 3 is 2.43 bits per heavy atom. The van der Waals surface area contributed by atoms with Gasteiger partial charge in [0.2, 0.25) is 0 Å². The van der Waals surface area contributed by atoms with Crippen LogP contribution in [0.4, 0.5) is 5.69 Å². The Hall–Kier alpha value is -2.26. The molecule has 3 heteroatoms. The second-order valence-corrected chi connectivity index (χ2v) is 6.47. The Kier molecular flexibility index (Phi) is 4.14. The van der Waals surface area contributed by atoms with Gasteiger partial charge in [0.05, 0.1) is 10.4 Å². The average Bonchev–Trinajstić information content (AvgIpc) is 2.49. The summed E-state index contributed by atoms with van der Waals surface area (Å²) in [5, 5.41) is 3.30. The van der Waals surface area contributed by atoms with Crippen LogP contribution in [0.3, 0.4) is 0 Å². The van der Waals surface area contributed by atoms with Crippen LogP contribution in [0.25, 0.3) is 0 Å². The van der Waals surface area contributed by atoms with E-state index in [1.165, 1.54) is 5.56 Å². The van der Waals surface area contributed by atoms with Crippen molar-refractivity contribution in [2.75, 3.05) is 5.32 Å². The van der Waals surface area contributed by atoms with E-state index in [0.29, 0.717) is 16.9 Å². The number of thiocarbonyl (C=S) groups is 1. The van der Waals surface area contributed by atoms with Crippen LogP contribution in [-0.2, 0) is 11.2 Å². The first-order valence-electron chi connectivity index (χ1n) is 7.67. The molecular weight excluding hydrogens is 302 g/mol. The molecule has 2 aromatic carbocycles. The maximum Gasteiger partial charge on any atom is 0.170 e. The molecule has 0 atom stereocenters. The standard InChI is InChI=1S/C20H19NOS/c1-12-8-13(2)19(14(3)9-12)21-11-17-18(22)10-15-6-4-5-7-16(15)20(17)23/h4-9,11,21H,10H2,1-3H3/b17-11+. The maximum atomic E-state index is 12.4. The fraction of sp³-hybridized carbons (Fsp3) is 0.200. The Bertz CT molecular complexity index is 825. The second-order valence-electron chi connectivity index (χ2n) is 6.06. The molecule has 0 fully saturated rings. The number of hydrogen-bond donors (Lipinski definition) is 1. The molecule has 0 unspecified atom stereocenters. The summed E-state index contributed by atoms with van der Waals surface area (Å²) in [7, 11) is 0. The lowest BCUT2D eigenvalue weighted by Crippen LogP contribution is -2.23. The Labute approximate surface area is 142 Å². The van der Waals surface area contributed by atoms with E-state index in [2.05, 4.69) is 38.2 Å². The number of rotatable bonds is 2. The zero-order valence-electron chi connectivity index (χ0n) is 13.6. The molecule has 0 saturated heterocycles. The van der Waals surface area contributed by atoms with Crippen LogP contribution in [-0.4, -0.2) is 10.6 Å². The number of ketones is 1. The lowest BCUT2D eigenvalue weighted by atomic mass is 9.87. The van der Waals surface area contributed by atoms with Gasteiger partial charge in [0.15, 0.2) is 5.78 Å². The van der Waals surface area contributed by atoms with Crippen molar-refractivity contribution in [1.82, 2.24) is 0 Å². The van der Waals surface area contributed by atoms with E-state index in [9.17, 15) is 4.79 Å². The van der Waals surface area contributed by atoms with Gasteiger partial charge >= 0.3 is 0 Å². The average molecular weight is 321 g/mol. The zero-order chi connectivity index (χ0) is 16.6. The van der Waals surface area contributed by atoms with Crippen molar-refractivity contribution in [3.8, 4) is 0 Å². The number of nitrogens with one attached hydrogen (secondary N) is 1. The number of hydrogen-bond acceptors (Lipinski definition) is 3. The zero-order valence-corrected chi connectivity index (χ0v) is 14.4. The minimum atomic E-state index is 0.0728. The molecular formula is C20H19NOS. The summed E-state index contributed by atoms with van der Waals surface area (Å²) in [6.07, 6.45) is 2.18. The number of benzene rings is 2. The molecule has 2 nitrogen and oxygen atoms in total. The predicted molar refractivity (Wildman–Crippen MR) is 99.2 cm³/mol. The van der Waals surface area contributed by atoms with Gasteiger partial charge in [-0.2, -0.15) is 0 Å². The molecule has 3 rings (SSSR count). The molecule has 2 aromatic rings. The lowest BCUT2D eigenvalue weighted by molar-refractivity contribution is -0.114. The minimum Gasteiger partial charge on any atom is -0.360 e. The van der Waals surface area contributed by atoms with Crippen molar-refractivity contribution in [1.29, 1.82) is 0 Å². The topological polar surface area (TPSA) is 29.1 Å². The van der Waals surface area contributed by atoms with E-state index < -0.39 is 0 Å². The highest BCUT2D eigenvalue weighted by Gasteiger charge is 2.25. The number of carbonyl (C=O) groups is 1. The van der Waals surface area contributed by atoms with Gasteiger partial charge in [-0.25, -0.2) is 0 Å². The molecule has 1 aliphatic carbocycles. The molecule has 0 radical (unpaired) electrons. The summed E-state index contributed by atoms with van der Waals surface area (Å²) in [6, 6.07) is 12.1. The van der Waals surface area contributed by atoms with Crippen LogP contribution in [0.1, 0.15) is 27.8 Å². The molecule has 0 spiro atoms. The molecule has 1 aliphatic rings. The van der Waals surface area contributed by atoms with Crippen LogP contribution >= 0.6 is 12.2 Å². The third-order valence-electron chi connectivity index (χ3n) is 4.20. The predicted octanol–water partition coefficient (Wildman–Crippen LogP) is 4.45. The van der Waals surface area contributed by atoms with E-state index in [1.54, 1.807) is 6.20 Å². The fourth-order valence-electron chi connectivity index (χ4n) is 3.13. The first kappa shape index (κ1) is 15.6. The second kappa shape index (κ2) is 6.09. The normalized spacial score (nSPS) is 15.7. The van der Waals surface area contributed by atoms with Crippen LogP contribution < -0.4 is 5.32 Å². The SMILES string of the molecule is Cc1cc(C)c(N/C=C2\C(=O)Cc3ccccc3C2=S)c(C)c1. The summed E-state index contributed by atoms with van der Waals surface area (Å²) in [4.78, 5) is 13.0. The van der Waals surface area contributed by atoms with E-state index in [4.69, 9.17) is 12.2 Å². The van der Waals surface area contributed by atoms with Crippen molar-refractivity contribution in [3.05, 3.63) is 76.0 Å². The summed E-state index contributed by atoms with van der Waals surface area (Å²) in [5.41, 5.74) is 7.20. The molecule has 0 aliphatic heterocycles. The number of allylic oxidation sites excluding steroid dienone is 1. The third-order valence-corrected chi connectivity index (χ3v) is 4.64. The van der Waals surface area contributed by atoms with Gasteiger partial charge < -0.3 is 5.32 Å². The highest BCUT2D eigenvalue weighted by Crippen LogP contribution is 2.26. The highest BCUT2D eigenvalue weighted by atomic mass is 32.1. The van der Waals surface area contributed by atoms with Crippen LogP contribution in [0.2, 0.25) is 0 Å². The maximum absolute atomic E-state index is 12.4. The molecule has 0 amide bonds. The van der Waals surface area contributed by atoms with Crippen molar-refractivity contribution in [3.63, 3.8) is 0 Å². The van der Waals surface area contributed by atoms with Gasteiger partial charge in [-0.05, 0) is 43.0 Å². The summed E-state index contributed by atoms with van der Waals surface area (Å²) < 4.78 is 0. The van der Waals surface area contributed by atoms with Crippen molar-refractivity contribution < 1.29 is 4.79 Å². The van der Waals surface area contributed by atoms with Crippen molar-refractivity contribution in [2.45, 2.75) is 27.2 Å². The van der Waals surface area contributed by atoms with E-state index in [0.717, 1.165) is 27.9 Å². The Balaban J connectivity index is 1.95. The molecule has 0 aromatic heterocycles. The lowest BCUT2D eigenvalue weighted by Gasteiger charge is -2.19. The number of aryl methyl sites for hydroxylation is 3. The van der Waals surface area contributed by atoms with Crippen LogP contribution in [0.15, 0.2) is 48.2 Å². The molecule has 1 N–H and O–H groups in total. The number of fused-ring (bicyclic) bond motifs is 1. The number of anilines is 1. The first-order chi connectivity index (χ1) is 11.0. The molecule has 0 bridgehead atoms. The van der Waals surface area contributed by atoms with Gasteiger partial charge in [-0.1, -0.05) is 54.2 Å². The molecule has 116 valence electrons. The minimum absolute atomic E-state index is 0.0728. The monoisotopic (exact) mass is 321 g/mol. The highest BCUT2D eigenvalue weighted by molar-refractivity contribution is 7.81. The van der Waals surface area contributed by atoms with E-state index >= 15 is 0 Å². The summed E-state index contributed by atoms with van der Waals surface area (Å²) >= 11 is 5.53. The molecule has 0 heterocycles. The quantitative estimate of drug-likeness (QED) is 0.654. The van der Waals surface area contributed by atoms with Gasteiger partial charge in [-0.3, -0.25) is 4.79 Å². The Morgan fingerprint density at radius 2 is 1.74 bits per heavy atom. The van der Waals surface area contributed by atoms with E-state index in [1.807, 2.05) is 24.3 Å². The molecule has 0 saturated carbocycles. The van der Waals surface area contributed by atoms with Crippen LogP contribution in [0, 0.1) is 20.8 Å². The van der Waals surface area contributed by atoms with Gasteiger partial charge in [-0.15, -0.1) is 0 Å². The van der Waals surface area contributed by atoms with Gasteiger partial charge in [0.25, 0.3) is 0 Å². The summed E-state index contributed by atoms with van der Waals surface area (Å²) in [5.74, 6) is 0.0728. The van der Waals surface area contributed by atoms with E-state index in [-0.39, 0.29) is 5.78 Å². The van der Waals surface area contributed by atoms with Crippen molar-refractivity contribution in [2.24, 2.45) is 0 Å². The smallest absolute Gasteiger partial charge is 0.170 e. The van der Waals surface area contributed by atoms with Gasteiger partial charge in [0.1, 0.15) is 0 Å². The largest absolute Gasteiger partial charge is 0.360 e. The first-order valence-corrected chi connectivity index (χ1v) is 8.08.